The highest BCUT2D eigenvalue weighted by atomic mass is 32.2. The molecule has 0 amide bonds. The van der Waals surface area contributed by atoms with Crippen LogP contribution in [0.3, 0.4) is 0 Å². The van der Waals surface area contributed by atoms with E-state index in [0.29, 0.717) is 25.8 Å². The van der Waals surface area contributed by atoms with Crippen molar-refractivity contribution >= 4 is 10.0 Å². The van der Waals surface area contributed by atoms with Crippen LogP contribution in [0.4, 0.5) is 4.39 Å². The summed E-state index contributed by atoms with van der Waals surface area (Å²) >= 11 is 0. The highest BCUT2D eigenvalue weighted by Crippen LogP contribution is 2.23. The first-order chi connectivity index (χ1) is 10.5. The second-order valence-electron chi connectivity index (χ2n) is 5.29. The van der Waals surface area contributed by atoms with Crippen LogP contribution in [-0.2, 0) is 14.8 Å². The first-order valence-electron chi connectivity index (χ1n) is 7.21. The first kappa shape index (κ1) is 17.3. The number of rotatable bonds is 6. The zero-order valence-electron chi connectivity index (χ0n) is 12.1. The molecule has 0 bridgehead atoms. The number of nitrogens with one attached hydrogen (secondary N) is 1. The van der Waals surface area contributed by atoms with Gasteiger partial charge in [-0.2, -0.15) is 0 Å². The van der Waals surface area contributed by atoms with Crippen molar-refractivity contribution in [2.24, 2.45) is 5.73 Å². The van der Waals surface area contributed by atoms with Gasteiger partial charge in [-0.1, -0.05) is 12.1 Å². The van der Waals surface area contributed by atoms with Crippen LogP contribution >= 0.6 is 0 Å². The van der Waals surface area contributed by atoms with Crippen LogP contribution in [0, 0.1) is 5.82 Å². The maximum absolute atomic E-state index is 13.7. The Kier molecular flexibility index (Phi) is 5.87. The quantitative estimate of drug-likeness (QED) is 0.698. The van der Waals surface area contributed by atoms with Crippen LogP contribution < -0.4 is 10.5 Å². The number of nitrogens with two attached hydrogens (primary N) is 1. The molecule has 1 aromatic carbocycles. The van der Waals surface area contributed by atoms with Gasteiger partial charge in [-0.3, -0.25) is 0 Å². The fourth-order valence-electron chi connectivity index (χ4n) is 2.59. The minimum Gasteiger partial charge on any atom is -0.394 e. The van der Waals surface area contributed by atoms with Crippen LogP contribution in [0.5, 0.6) is 0 Å². The minimum absolute atomic E-state index is 0.0867. The van der Waals surface area contributed by atoms with E-state index < -0.39 is 32.9 Å². The van der Waals surface area contributed by atoms with Gasteiger partial charge < -0.3 is 15.6 Å². The molecular weight excluding hydrogens is 311 g/mol. The summed E-state index contributed by atoms with van der Waals surface area (Å²) in [6.07, 6.45) is 1.05. The van der Waals surface area contributed by atoms with E-state index in [2.05, 4.69) is 4.72 Å². The number of aliphatic hydroxyl groups excluding tert-OH is 1. The lowest BCUT2D eigenvalue weighted by atomic mass is 9.98. The smallest absolute Gasteiger partial charge is 0.243 e. The number of halogens is 1. The Morgan fingerprint density at radius 2 is 2.09 bits per heavy atom. The number of hydrogen-bond donors (Lipinski definition) is 3. The summed E-state index contributed by atoms with van der Waals surface area (Å²) in [4.78, 5) is -0.407. The average molecular weight is 332 g/mol. The summed E-state index contributed by atoms with van der Waals surface area (Å²) in [5.74, 6) is -0.812. The molecule has 0 aliphatic carbocycles. The van der Waals surface area contributed by atoms with Crippen molar-refractivity contribution in [2.75, 3.05) is 13.2 Å². The van der Waals surface area contributed by atoms with Crippen LogP contribution in [-0.4, -0.2) is 44.9 Å². The molecular formula is C14H21FN2O4S. The molecule has 0 unspecified atom stereocenters. The molecule has 0 radical (unpaired) electrons. The van der Waals surface area contributed by atoms with E-state index >= 15 is 0 Å². The second kappa shape index (κ2) is 7.47. The normalized spacial score (nSPS) is 26.0. The van der Waals surface area contributed by atoms with E-state index in [1.54, 1.807) is 0 Å². The molecule has 1 aromatic rings. The molecule has 6 nitrogen and oxygen atoms in total. The van der Waals surface area contributed by atoms with Gasteiger partial charge in [0.15, 0.2) is 0 Å². The minimum atomic E-state index is -4.00. The van der Waals surface area contributed by atoms with Crippen molar-refractivity contribution in [3.05, 3.63) is 30.1 Å². The Morgan fingerprint density at radius 1 is 1.36 bits per heavy atom. The second-order valence-corrected chi connectivity index (χ2v) is 6.97. The monoisotopic (exact) mass is 332 g/mol. The highest BCUT2D eigenvalue weighted by Gasteiger charge is 2.34. The lowest BCUT2D eigenvalue weighted by Crippen LogP contribution is -2.51. The van der Waals surface area contributed by atoms with Gasteiger partial charge in [0.2, 0.25) is 10.0 Å². The third-order valence-electron chi connectivity index (χ3n) is 3.72. The Labute approximate surface area is 129 Å². The van der Waals surface area contributed by atoms with Gasteiger partial charge in [0.1, 0.15) is 10.7 Å². The summed E-state index contributed by atoms with van der Waals surface area (Å²) < 4.78 is 46.3. The number of benzene rings is 1. The number of aliphatic hydroxyl groups is 1. The van der Waals surface area contributed by atoms with Gasteiger partial charge >= 0.3 is 0 Å². The van der Waals surface area contributed by atoms with Crippen molar-refractivity contribution in [2.45, 2.75) is 42.4 Å². The zero-order valence-corrected chi connectivity index (χ0v) is 12.9. The predicted molar refractivity (Wildman–Crippen MR) is 79.2 cm³/mol. The van der Waals surface area contributed by atoms with E-state index in [1.807, 2.05) is 0 Å². The maximum Gasteiger partial charge on any atom is 0.243 e. The summed E-state index contributed by atoms with van der Waals surface area (Å²) in [5, 5.41) is 9.40. The van der Waals surface area contributed by atoms with Crippen molar-refractivity contribution in [1.29, 1.82) is 0 Å². The summed E-state index contributed by atoms with van der Waals surface area (Å²) in [7, 11) is -4.00. The standard InChI is InChI=1S/C14H21FN2O4S/c15-11-3-1-2-4-14(11)22(19,20)17-12-6-5-10(7-8-16)21-13(12)9-18/h1-4,10,12-13,17-18H,5-9,16H2/t10-,12+,13-/m1/s1. The van der Waals surface area contributed by atoms with Crippen LogP contribution in [0.1, 0.15) is 19.3 Å². The molecule has 22 heavy (non-hydrogen) atoms. The molecule has 1 saturated heterocycles. The largest absolute Gasteiger partial charge is 0.394 e. The Bertz CT molecular complexity index is 596. The van der Waals surface area contributed by atoms with E-state index in [-0.39, 0.29) is 12.7 Å². The molecule has 8 heteroatoms. The highest BCUT2D eigenvalue weighted by molar-refractivity contribution is 7.89. The Morgan fingerprint density at radius 3 is 2.73 bits per heavy atom. The molecule has 0 aromatic heterocycles. The molecule has 3 atom stereocenters. The molecule has 1 aliphatic rings. The predicted octanol–water partition coefficient (Wildman–Crippen LogP) is 0.361. The van der Waals surface area contributed by atoms with Gasteiger partial charge in [0, 0.05) is 0 Å². The van der Waals surface area contributed by atoms with E-state index in [1.165, 1.54) is 18.2 Å². The Balaban J connectivity index is 2.11. The lowest BCUT2D eigenvalue weighted by Gasteiger charge is -2.35. The van der Waals surface area contributed by atoms with E-state index in [4.69, 9.17) is 10.5 Å². The van der Waals surface area contributed by atoms with Crippen LogP contribution in [0.2, 0.25) is 0 Å². The van der Waals surface area contributed by atoms with Gasteiger partial charge in [0.25, 0.3) is 0 Å². The SMILES string of the molecule is NCC[C@H]1CC[C@H](NS(=O)(=O)c2ccccc2F)[C@@H](CO)O1. The third kappa shape index (κ3) is 4.02. The molecule has 1 aliphatic heterocycles. The summed E-state index contributed by atoms with van der Waals surface area (Å²) in [5.41, 5.74) is 5.48. The van der Waals surface area contributed by atoms with Crippen molar-refractivity contribution in [1.82, 2.24) is 4.72 Å². The van der Waals surface area contributed by atoms with Crippen LogP contribution in [0.15, 0.2) is 29.2 Å². The van der Waals surface area contributed by atoms with Gasteiger partial charge in [0.05, 0.1) is 24.9 Å². The van der Waals surface area contributed by atoms with Crippen molar-refractivity contribution in [3.63, 3.8) is 0 Å². The molecule has 1 fully saturated rings. The fraction of sp³-hybridized carbons (Fsp3) is 0.571. The third-order valence-corrected chi connectivity index (χ3v) is 5.24. The molecule has 0 spiro atoms. The molecule has 124 valence electrons. The molecule has 1 heterocycles. The van der Waals surface area contributed by atoms with Crippen LogP contribution in [0.25, 0.3) is 0 Å². The first-order valence-corrected chi connectivity index (χ1v) is 8.69. The average Bonchev–Trinajstić information content (AvgIpc) is 2.49. The van der Waals surface area contributed by atoms with Gasteiger partial charge in [-0.05, 0) is 37.9 Å². The lowest BCUT2D eigenvalue weighted by molar-refractivity contribution is -0.0867. The maximum atomic E-state index is 13.7. The van der Waals surface area contributed by atoms with Crippen molar-refractivity contribution < 1.29 is 22.7 Å². The number of ether oxygens (including phenoxy) is 1. The Hall–Kier alpha value is -1.06. The van der Waals surface area contributed by atoms with Crippen molar-refractivity contribution in [3.8, 4) is 0 Å². The zero-order chi connectivity index (χ0) is 16.2. The number of sulfonamides is 1. The topological polar surface area (TPSA) is 102 Å². The van der Waals surface area contributed by atoms with Gasteiger partial charge in [-0.25, -0.2) is 17.5 Å². The molecule has 0 saturated carbocycles. The van der Waals surface area contributed by atoms with Gasteiger partial charge in [-0.15, -0.1) is 0 Å². The fourth-order valence-corrected chi connectivity index (χ4v) is 3.97. The summed E-state index contributed by atoms with van der Waals surface area (Å²) in [6, 6.07) is 4.57. The molecule has 2 rings (SSSR count). The van der Waals surface area contributed by atoms with E-state index in [9.17, 15) is 17.9 Å². The molecule has 4 N–H and O–H groups in total. The number of hydrogen-bond acceptors (Lipinski definition) is 5. The van der Waals surface area contributed by atoms with E-state index in [0.717, 1.165) is 6.07 Å². The summed E-state index contributed by atoms with van der Waals surface area (Å²) in [6.45, 7) is 0.153.